The van der Waals surface area contributed by atoms with Gasteiger partial charge in [0.05, 0.1) is 0 Å². The fraction of sp³-hybridized carbons (Fsp3) is 0.565. The summed E-state index contributed by atoms with van der Waals surface area (Å²) in [5.41, 5.74) is 2.83. The van der Waals surface area contributed by atoms with Crippen LogP contribution in [0.5, 0.6) is 0 Å². The zero-order chi connectivity index (χ0) is 18.8. The number of likely N-dealkylation sites (tertiary alicyclic amines) is 1. The maximum atomic E-state index is 12.8. The Morgan fingerprint density at radius 3 is 2.37 bits per heavy atom. The Morgan fingerprint density at radius 2 is 1.70 bits per heavy atom. The van der Waals surface area contributed by atoms with Gasteiger partial charge in [0.15, 0.2) is 11.5 Å². The highest BCUT2D eigenvalue weighted by molar-refractivity contribution is 5.93. The third-order valence-corrected chi connectivity index (χ3v) is 6.16. The molecule has 1 saturated heterocycles. The van der Waals surface area contributed by atoms with Crippen LogP contribution in [0.25, 0.3) is 11.3 Å². The van der Waals surface area contributed by atoms with Crippen LogP contribution in [0.15, 0.2) is 34.9 Å². The molecule has 4 rings (SSSR count). The number of piperidine rings is 1. The van der Waals surface area contributed by atoms with Gasteiger partial charge in [0.2, 0.25) is 0 Å². The average Bonchev–Trinajstić information content (AvgIpc) is 3.18. The SMILES string of the molecule is C[C@@H]1C[C@@H](C)CN(C(=O)c2cc(-c3ccc(C4CCCCC4)cc3)on2)C1. The molecule has 1 amide bonds. The van der Waals surface area contributed by atoms with Crippen molar-refractivity contribution in [2.75, 3.05) is 13.1 Å². The number of nitrogens with zero attached hydrogens (tertiary/aromatic N) is 2. The summed E-state index contributed by atoms with van der Waals surface area (Å²) in [6.45, 7) is 6.03. The van der Waals surface area contributed by atoms with Crippen molar-refractivity contribution < 1.29 is 9.32 Å². The number of carbonyl (C=O) groups excluding carboxylic acids is 1. The van der Waals surface area contributed by atoms with Gasteiger partial charge in [0, 0.05) is 24.7 Å². The van der Waals surface area contributed by atoms with Crippen molar-refractivity contribution in [3.05, 3.63) is 41.6 Å². The molecule has 1 aliphatic carbocycles. The molecule has 0 radical (unpaired) electrons. The third-order valence-electron chi connectivity index (χ3n) is 6.16. The molecule has 0 bridgehead atoms. The zero-order valence-corrected chi connectivity index (χ0v) is 16.5. The Morgan fingerprint density at radius 1 is 1.04 bits per heavy atom. The highest BCUT2D eigenvalue weighted by atomic mass is 16.5. The number of benzene rings is 1. The molecule has 0 unspecified atom stereocenters. The summed E-state index contributed by atoms with van der Waals surface area (Å²) in [6.07, 6.45) is 7.83. The Kier molecular flexibility index (Phi) is 5.33. The van der Waals surface area contributed by atoms with E-state index in [4.69, 9.17) is 4.52 Å². The van der Waals surface area contributed by atoms with Crippen LogP contribution in [0.4, 0.5) is 0 Å². The summed E-state index contributed by atoms with van der Waals surface area (Å²) >= 11 is 0. The van der Waals surface area contributed by atoms with E-state index in [0.29, 0.717) is 29.2 Å². The van der Waals surface area contributed by atoms with Gasteiger partial charge in [0.1, 0.15) is 0 Å². The molecule has 2 aromatic rings. The van der Waals surface area contributed by atoms with Crippen LogP contribution in [0.3, 0.4) is 0 Å². The van der Waals surface area contributed by atoms with Crippen molar-refractivity contribution in [2.24, 2.45) is 11.8 Å². The summed E-state index contributed by atoms with van der Waals surface area (Å²) in [7, 11) is 0. The first-order valence-corrected chi connectivity index (χ1v) is 10.5. The van der Waals surface area contributed by atoms with E-state index in [-0.39, 0.29) is 5.91 Å². The predicted molar refractivity (Wildman–Crippen MR) is 107 cm³/mol. The van der Waals surface area contributed by atoms with Crippen LogP contribution in [0, 0.1) is 11.8 Å². The van der Waals surface area contributed by atoms with Gasteiger partial charge in [-0.25, -0.2) is 0 Å². The van der Waals surface area contributed by atoms with Crippen LogP contribution in [0.2, 0.25) is 0 Å². The van der Waals surface area contributed by atoms with Gasteiger partial charge in [0.25, 0.3) is 5.91 Å². The predicted octanol–water partition coefficient (Wildman–Crippen LogP) is 5.51. The van der Waals surface area contributed by atoms with Gasteiger partial charge in [-0.15, -0.1) is 0 Å². The molecule has 1 aromatic heterocycles. The lowest BCUT2D eigenvalue weighted by Gasteiger charge is -2.34. The molecule has 1 saturated carbocycles. The number of hydrogen-bond acceptors (Lipinski definition) is 3. The monoisotopic (exact) mass is 366 g/mol. The number of rotatable bonds is 3. The Labute approximate surface area is 161 Å². The van der Waals surface area contributed by atoms with Gasteiger partial charge in [-0.05, 0) is 42.6 Å². The van der Waals surface area contributed by atoms with E-state index in [1.807, 2.05) is 4.90 Å². The van der Waals surface area contributed by atoms with Crippen LogP contribution >= 0.6 is 0 Å². The lowest BCUT2D eigenvalue weighted by Crippen LogP contribution is -2.42. The summed E-state index contributed by atoms with van der Waals surface area (Å²) in [6, 6.07) is 10.4. The van der Waals surface area contributed by atoms with Crippen molar-refractivity contribution in [2.45, 2.75) is 58.3 Å². The highest BCUT2D eigenvalue weighted by Crippen LogP contribution is 2.33. The van der Waals surface area contributed by atoms with E-state index in [0.717, 1.165) is 18.7 Å². The van der Waals surface area contributed by atoms with Gasteiger partial charge >= 0.3 is 0 Å². The molecule has 2 aliphatic rings. The summed E-state index contributed by atoms with van der Waals surface area (Å²) in [4.78, 5) is 14.7. The Hall–Kier alpha value is -2.10. The third kappa shape index (κ3) is 4.10. The van der Waals surface area contributed by atoms with Crippen molar-refractivity contribution in [3.63, 3.8) is 0 Å². The average molecular weight is 367 g/mol. The second-order valence-corrected chi connectivity index (χ2v) is 8.69. The van der Waals surface area contributed by atoms with Crippen LogP contribution in [-0.2, 0) is 0 Å². The summed E-state index contributed by atoms with van der Waals surface area (Å²) in [5, 5.41) is 4.06. The van der Waals surface area contributed by atoms with Crippen LogP contribution in [-0.4, -0.2) is 29.1 Å². The normalized spacial score (nSPS) is 24.1. The first-order chi connectivity index (χ1) is 13.1. The zero-order valence-electron chi connectivity index (χ0n) is 16.5. The summed E-state index contributed by atoms with van der Waals surface area (Å²) < 4.78 is 5.50. The fourth-order valence-electron chi connectivity index (χ4n) is 4.86. The molecule has 1 aromatic carbocycles. The Bertz CT molecular complexity index is 764. The molecule has 2 heterocycles. The molecule has 2 atom stereocenters. The quantitative estimate of drug-likeness (QED) is 0.720. The second kappa shape index (κ2) is 7.87. The number of amides is 1. The van der Waals surface area contributed by atoms with E-state index >= 15 is 0 Å². The smallest absolute Gasteiger partial charge is 0.276 e. The molecular weight excluding hydrogens is 336 g/mol. The molecule has 0 spiro atoms. The van der Waals surface area contributed by atoms with E-state index in [1.165, 1.54) is 44.1 Å². The van der Waals surface area contributed by atoms with Crippen molar-refractivity contribution >= 4 is 5.91 Å². The molecular formula is C23H30N2O2. The molecule has 144 valence electrons. The number of hydrogen-bond donors (Lipinski definition) is 0. The van der Waals surface area contributed by atoms with E-state index < -0.39 is 0 Å². The van der Waals surface area contributed by atoms with Crippen molar-refractivity contribution in [1.82, 2.24) is 10.1 Å². The minimum Gasteiger partial charge on any atom is -0.355 e. The minimum absolute atomic E-state index is 0.0118. The summed E-state index contributed by atoms with van der Waals surface area (Å²) in [5.74, 6) is 2.43. The van der Waals surface area contributed by atoms with Gasteiger partial charge in [-0.2, -0.15) is 0 Å². The standard InChI is InChI=1S/C23H30N2O2/c1-16-12-17(2)15-25(14-16)23(26)21-13-22(27-24-21)20-10-8-19(9-11-20)18-6-4-3-5-7-18/h8-11,13,16-18H,3-7,12,14-15H2,1-2H3/t16-,17-/m1/s1. The lowest BCUT2D eigenvalue weighted by molar-refractivity contribution is 0.0613. The van der Waals surface area contributed by atoms with Gasteiger partial charge < -0.3 is 9.42 Å². The van der Waals surface area contributed by atoms with Crippen LogP contribution < -0.4 is 0 Å². The van der Waals surface area contributed by atoms with Crippen LogP contribution in [0.1, 0.15) is 74.3 Å². The first-order valence-electron chi connectivity index (χ1n) is 10.5. The van der Waals surface area contributed by atoms with Crippen molar-refractivity contribution in [1.29, 1.82) is 0 Å². The van der Waals surface area contributed by atoms with E-state index in [9.17, 15) is 4.79 Å². The second-order valence-electron chi connectivity index (χ2n) is 8.69. The number of aromatic nitrogens is 1. The first kappa shape index (κ1) is 18.3. The highest BCUT2D eigenvalue weighted by Gasteiger charge is 2.28. The van der Waals surface area contributed by atoms with Gasteiger partial charge in [-0.1, -0.05) is 62.5 Å². The molecule has 2 fully saturated rings. The van der Waals surface area contributed by atoms with E-state index in [1.54, 1.807) is 6.07 Å². The van der Waals surface area contributed by atoms with Gasteiger partial charge in [-0.3, -0.25) is 4.79 Å². The largest absolute Gasteiger partial charge is 0.355 e. The van der Waals surface area contributed by atoms with E-state index in [2.05, 4.69) is 43.3 Å². The molecule has 4 nitrogen and oxygen atoms in total. The molecule has 27 heavy (non-hydrogen) atoms. The number of carbonyl (C=O) groups is 1. The molecule has 1 aliphatic heterocycles. The maximum Gasteiger partial charge on any atom is 0.276 e. The van der Waals surface area contributed by atoms with Crippen molar-refractivity contribution in [3.8, 4) is 11.3 Å². The Balaban J connectivity index is 1.46. The maximum absolute atomic E-state index is 12.8. The fourth-order valence-corrected chi connectivity index (χ4v) is 4.86. The molecule has 4 heteroatoms. The molecule has 0 N–H and O–H groups in total. The topological polar surface area (TPSA) is 46.3 Å². The lowest BCUT2D eigenvalue weighted by atomic mass is 9.84. The minimum atomic E-state index is -0.0118.